The third-order valence-electron chi connectivity index (χ3n) is 8.14. The molecule has 0 atom stereocenters. The van der Waals surface area contributed by atoms with Gasteiger partial charge in [-0.05, 0) is 59.7 Å². The van der Waals surface area contributed by atoms with Gasteiger partial charge in [0.15, 0.2) is 0 Å². The van der Waals surface area contributed by atoms with Crippen molar-refractivity contribution < 1.29 is 9.47 Å². The van der Waals surface area contributed by atoms with Crippen LogP contribution in [0.4, 0.5) is 45.5 Å². The van der Waals surface area contributed by atoms with Crippen molar-refractivity contribution >= 4 is 67.3 Å². The number of anilines is 4. The number of rotatable bonds is 10. The van der Waals surface area contributed by atoms with Crippen LogP contribution in [0.25, 0.3) is 21.8 Å². The summed E-state index contributed by atoms with van der Waals surface area (Å²) >= 11 is 0. The van der Waals surface area contributed by atoms with Gasteiger partial charge >= 0.3 is 0 Å². The quantitative estimate of drug-likeness (QED) is 0.110. The van der Waals surface area contributed by atoms with Crippen molar-refractivity contribution in [2.75, 3.05) is 63.7 Å². The Kier molecular flexibility index (Phi) is 9.20. The summed E-state index contributed by atoms with van der Waals surface area (Å²) in [6, 6.07) is 22.8. The summed E-state index contributed by atoms with van der Waals surface area (Å²) in [7, 11) is 11.0. The van der Waals surface area contributed by atoms with E-state index in [0.717, 1.165) is 44.3 Å². The van der Waals surface area contributed by atoms with Crippen molar-refractivity contribution in [1.82, 2.24) is 9.97 Å². The molecule has 2 heterocycles. The number of azo groups is 2. The highest BCUT2D eigenvalue weighted by Gasteiger charge is 2.16. The SMILES string of the molecule is COc1cc(N=Nc2cc(Cc3cc(N=Nc4cc(OC)cc5cccnc45)c(N(C)C)cc3N)c(N)cc2N(C)C)c2ncccc2c1. The van der Waals surface area contributed by atoms with Crippen LogP contribution in [-0.2, 0) is 6.42 Å². The average Bonchev–Trinajstić information content (AvgIpc) is 3.10. The zero-order chi connectivity index (χ0) is 34.7. The lowest BCUT2D eigenvalue weighted by Gasteiger charge is -2.20. The Morgan fingerprint density at radius 3 is 1.37 bits per heavy atom. The Morgan fingerprint density at radius 1 is 0.571 bits per heavy atom. The maximum atomic E-state index is 6.64. The lowest BCUT2D eigenvalue weighted by molar-refractivity contribution is 0.415. The van der Waals surface area contributed by atoms with Crippen LogP contribution in [0.2, 0.25) is 0 Å². The molecule has 0 fully saturated rings. The van der Waals surface area contributed by atoms with Crippen LogP contribution in [0.1, 0.15) is 11.1 Å². The van der Waals surface area contributed by atoms with Crippen LogP contribution >= 0.6 is 0 Å². The van der Waals surface area contributed by atoms with E-state index in [1.54, 1.807) is 26.6 Å². The molecule has 0 saturated heterocycles. The standard InChI is InChI=1S/C37H38N10O2/c1-46(2)34-20-28(38)24(16-30(34)42-44-32-18-26(48-5)14-22-9-7-11-40-36(22)32)13-25-17-31(35(47(3)4)21-29(25)39)43-45-33-19-27(49-6)15-23-10-8-12-41-37(23)33/h7-12,14-21H,13,38-39H2,1-6H3. The molecule has 0 spiro atoms. The maximum absolute atomic E-state index is 6.64. The number of pyridine rings is 2. The first-order valence-electron chi connectivity index (χ1n) is 15.5. The first kappa shape index (κ1) is 32.6. The van der Waals surface area contributed by atoms with Crippen molar-refractivity contribution in [3.63, 3.8) is 0 Å². The molecular weight excluding hydrogens is 616 g/mol. The van der Waals surface area contributed by atoms with Gasteiger partial charge in [0.2, 0.25) is 0 Å². The smallest absolute Gasteiger partial charge is 0.121 e. The number of benzene rings is 4. The summed E-state index contributed by atoms with van der Waals surface area (Å²) in [5.41, 5.74) is 21.7. The van der Waals surface area contributed by atoms with E-state index in [4.69, 9.17) is 31.2 Å². The van der Waals surface area contributed by atoms with Crippen LogP contribution in [0.3, 0.4) is 0 Å². The van der Waals surface area contributed by atoms with Gasteiger partial charge in [-0.25, -0.2) is 0 Å². The number of hydrogen-bond donors (Lipinski definition) is 2. The van der Waals surface area contributed by atoms with E-state index in [1.807, 2.05) is 111 Å². The molecule has 4 N–H and O–H groups in total. The van der Waals surface area contributed by atoms with Crippen LogP contribution in [0.5, 0.6) is 11.5 Å². The van der Waals surface area contributed by atoms with Crippen LogP contribution in [0, 0.1) is 0 Å². The van der Waals surface area contributed by atoms with Crippen LogP contribution < -0.4 is 30.7 Å². The monoisotopic (exact) mass is 654 g/mol. The van der Waals surface area contributed by atoms with Gasteiger partial charge in [-0.3, -0.25) is 9.97 Å². The Hall–Kier alpha value is -6.30. The highest BCUT2D eigenvalue weighted by Crippen LogP contribution is 2.40. The lowest BCUT2D eigenvalue weighted by atomic mass is 9.99. The number of nitrogens with two attached hydrogens (primary N) is 2. The summed E-state index contributed by atoms with van der Waals surface area (Å²) in [5, 5.41) is 20.4. The van der Waals surface area contributed by atoms with Crippen LogP contribution in [0.15, 0.2) is 106 Å². The molecule has 0 saturated carbocycles. The lowest BCUT2D eigenvalue weighted by Crippen LogP contribution is -2.11. The van der Waals surface area contributed by atoms with Crippen molar-refractivity contribution in [3.05, 3.63) is 96.3 Å². The van der Waals surface area contributed by atoms with Crippen molar-refractivity contribution in [1.29, 1.82) is 0 Å². The van der Waals surface area contributed by atoms with E-state index in [0.29, 0.717) is 52.0 Å². The largest absolute Gasteiger partial charge is 0.497 e. The minimum absolute atomic E-state index is 0.428. The van der Waals surface area contributed by atoms with Crippen molar-refractivity contribution in [2.45, 2.75) is 6.42 Å². The molecule has 248 valence electrons. The summed E-state index contributed by atoms with van der Waals surface area (Å²) in [5.74, 6) is 1.33. The molecule has 0 amide bonds. The molecule has 12 heteroatoms. The van der Waals surface area contributed by atoms with Gasteiger partial charge in [0.05, 0.1) is 36.6 Å². The van der Waals surface area contributed by atoms with E-state index >= 15 is 0 Å². The van der Waals surface area contributed by atoms with Gasteiger partial charge < -0.3 is 30.7 Å². The second kappa shape index (κ2) is 13.8. The van der Waals surface area contributed by atoms with E-state index in [2.05, 4.69) is 20.2 Å². The van der Waals surface area contributed by atoms with Crippen molar-refractivity contribution in [3.8, 4) is 11.5 Å². The van der Waals surface area contributed by atoms with E-state index < -0.39 is 0 Å². The summed E-state index contributed by atoms with van der Waals surface area (Å²) in [6.07, 6.45) is 3.89. The number of hydrogen-bond acceptors (Lipinski definition) is 12. The predicted molar refractivity (Wildman–Crippen MR) is 198 cm³/mol. The minimum atomic E-state index is 0.428. The Labute approximate surface area is 284 Å². The number of aromatic nitrogens is 2. The van der Waals surface area contributed by atoms with E-state index in [1.165, 1.54) is 0 Å². The fourth-order valence-electron chi connectivity index (χ4n) is 5.56. The first-order valence-corrected chi connectivity index (χ1v) is 15.5. The Bertz CT molecular complexity index is 2070. The van der Waals surface area contributed by atoms with Crippen LogP contribution in [-0.4, -0.2) is 52.4 Å². The number of methoxy groups -OCH3 is 2. The van der Waals surface area contributed by atoms with Gasteiger partial charge in [0, 0.05) is 81.3 Å². The van der Waals surface area contributed by atoms with Gasteiger partial charge in [0.1, 0.15) is 34.2 Å². The number of ether oxygens (including phenoxy) is 2. The van der Waals surface area contributed by atoms with E-state index in [-0.39, 0.29) is 0 Å². The molecule has 0 radical (unpaired) electrons. The molecule has 6 aromatic rings. The van der Waals surface area contributed by atoms with Gasteiger partial charge in [-0.1, -0.05) is 12.1 Å². The molecule has 2 aromatic heterocycles. The van der Waals surface area contributed by atoms with Gasteiger partial charge in [-0.15, -0.1) is 20.5 Å². The molecule has 6 rings (SSSR count). The number of fused-ring (bicyclic) bond motifs is 2. The Balaban J connectivity index is 1.39. The maximum Gasteiger partial charge on any atom is 0.121 e. The molecule has 0 aliphatic rings. The fourth-order valence-corrected chi connectivity index (χ4v) is 5.56. The number of nitrogens with zero attached hydrogens (tertiary/aromatic N) is 8. The molecule has 0 aliphatic carbocycles. The molecule has 12 nitrogen and oxygen atoms in total. The molecular formula is C37H38N10O2. The third kappa shape index (κ3) is 6.89. The zero-order valence-electron chi connectivity index (χ0n) is 28.3. The summed E-state index contributed by atoms with van der Waals surface area (Å²) < 4.78 is 11.0. The average molecular weight is 655 g/mol. The second-order valence-electron chi connectivity index (χ2n) is 11.9. The predicted octanol–water partition coefficient (Wildman–Crippen LogP) is 8.52. The second-order valence-corrected chi connectivity index (χ2v) is 11.9. The normalized spacial score (nSPS) is 11.6. The Morgan fingerprint density at radius 2 is 0.980 bits per heavy atom. The van der Waals surface area contributed by atoms with Gasteiger partial charge in [-0.2, -0.15) is 0 Å². The van der Waals surface area contributed by atoms with Crippen molar-refractivity contribution in [2.24, 2.45) is 20.5 Å². The molecule has 4 aromatic carbocycles. The van der Waals surface area contributed by atoms with Gasteiger partial charge in [0.25, 0.3) is 0 Å². The highest BCUT2D eigenvalue weighted by molar-refractivity contribution is 5.91. The molecule has 0 aliphatic heterocycles. The minimum Gasteiger partial charge on any atom is -0.497 e. The summed E-state index contributed by atoms with van der Waals surface area (Å²) in [4.78, 5) is 13.0. The molecule has 49 heavy (non-hydrogen) atoms. The fraction of sp³-hybridized carbons (Fsp3) is 0.189. The third-order valence-corrected chi connectivity index (χ3v) is 8.14. The van der Waals surface area contributed by atoms with E-state index in [9.17, 15) is 0 Å². The first-order chi connectivity index (χ1) is 23.6. The topological polar surface area (TPSA) is 152 Å². The number of nitrogen functional groups attached to an aromatic ring is 2. The zero-order valence-corrected chi connectivity index (χ0v) is 28.3. The highest BCUT2D eigenvalue weighted by atomic mass is 16.5. The molecule has 0 bridgehead atoms. The summed E-state index contributed by atoms with van der Waals surface area (Å²) in [6.45, 7) is 0. The molecule has 0 unspecified atom stereocenters.